The topological polar surface area (TPSA) is 67.3 Å². The SMILES string of the molecule is CCN/C(=C\C(N)Cc1ccccc1)C1CCN(CCC(N)c2ccccc2)CC1.CCS. The minimum absolute atomic E-state index is 0.0448. The van der Waals surface area contributed by atoms with Crippen LogP contribution in [0.25, 0.3) is 0 Å². The first-order chi connectivity index (χ1) is 16.1. The maximum Gasteiger partial charge on any atom is 0.0307 e. The van der Waals surface area contributed by atoms with Gasteiger partial charge in [-0.3, -0.25) is 0 Å². The molecule has 182 valence electrons. The van der Waals surface area contributed by atoms with Crippen molar-refractivity contribution in [1.29, 1.82) is 0 Å². The quantitative estimate of drug-likeness (QED) is 0.379. The van der Waals surface area contributed by atoms with Gasteiger partial charge in [-0.2, -0.15) is 12.6 Å². The minimum Gasteiger partial charge on any atom is -0.389 e. The summed E-state index contributed by atoms with van der Waals surface area (Å²) in [5.74, 6) is 1.52. The number of thiol groups is 1. The average Bonchev–Trinajstić information content (AvgIpc) is 2.84. The zero-order valence-corrected chi connectivity index (χ0v) is 21.4. The number of nitrogens with one attached hydrogen (secondary N) is 1. The Morgan fingerprint density at radius 3 is 2.18 bits per heavy atom. The highest BCUT2D eigenvalue weighted by Crippen LogP contribution is 2.25. The van der Waals surface area contributed by atoms with Crippen LogP contribution in [0.1, 0.15) is 50.3 Å². The summed E-state index contributed by atoms with van der Waals surface area (Å²) in [5, 5.41) is 3.60. The van der Waals surface area contributed by atoms with Crippen LogP contribution in [0.3, 0.4) is 0 Å². The molecule has 0 saturated carbocycles. The lowest BCUT2D eigenvalue weighted by atomic mass is 9.91. The number of piperidine rings is 1. The van der Waals surface area contributed by atoms with Gasteiger partial charge >= 0.3 is 0 Å². The number of hydrogen-bond acceptors (Lipinski definition) is 5. The zero-order valence-electron chi connectivity index (χ0n) is 20.5. The lowest BCUT2D eigenvalue weighted by Crippen LogP contribution is -2.38. The van der Waals surface area contributed by atoms with E-state index in [0.717, 1.165) is 44.8 Å². The molecule has 5 N–H and O–H groups in total. The van der Waals surface area contributed by atoms with E-state index < -0.39 is 0 Å². The van der Waals surface area contributed by atoms with Crippen LogP contribution in [0.4, 0.5) is 0 Å². The Kier molecular flexibility index (Phi) is 13.3. The summed E-state index contributed by atoms with van der Waals surface area (Å²) >= 11 is 3.79. The van der Waals surface area contributed by atoms with Crippen LogP contribution in [-0.4, -0.2) is 42.9 Å². The van der Waals surface area contributed by atoms with Crippen molar-refractivity contribution in [1.82, 2.24) is 10.2 Å². The Morgan fingerprint density at radius 1 is 1.03 bits per heavy atom. The number of allylic oxidation sites excluding steroid dienone is 1. The molecule has 2 atom stereocenters. The molecule has 3 rings (SSSR count). The molecule has 1 saturated heterocycles. The fourth-order valence-corrected chi connectivity index (χ4v) is 4.38. The average molecular weight is 469 g/mol. The van der Waals surface area contributed by atoms with E-state index in [4.69, 9.17) is 11.5 Å². The van der Waals surface area contributed by atoms with Crippen LogP contribution >= 0.6 is 12.6 Å². The highest BCUT2D eigenvalue weighted by Gasteiger charge is 2.23. The lowest BCUT2D eigenvalue weighted by Gasteiger charge is -2.34. The van der Waals surface area contributed by atoms with E-state index in [2.05, 4.69) is 90.4 Å². The molecule has 0 aromatic heterocycles. The normalized spacial score (nSPS) is 17.1. The summed E-state index contributed by atoms with van der Waals surface area (Å²) in [7, 11) is 0. The van der Waals surface area contributed by atoms with Crippen molar-refractivity contribution in [3.05, 3.63) is 83.6 Å². The zero-order chi connectivity index (χ0) is 23.9. The van der Waals surface area contributed by atoms with Gasteiger partial charge in [0.15, 0.2) is 0 Å². The van der Waals surface area contributed by atoms with Crippen LogP contribution < -0.4 is 16.8 Å². The molecular formula is C28H44N4S. The summed E-state index contributed by atoms with van der Waals surface area (Å²) < 4.78 is 0. The second-order valence-corrected chi connectivity index (χ2v) is 9.38. The molecule has 1 heterocycles. The maximum atomic E-state index is 6.47. The molecule has 1 aliphatic rings. The fraction of sp³-hybridized carbons (Fsp3) is 0.500. The Bertz CT molecular complexity index is 773. The lowest BCUT2D eigenvalue weighted by molar-refractivity contribution is 0.189. The van der Waals surface area contributed by atoms with Gasteiger partial charge in [0.05, 0.1) is 0 Å². The first-order valence-electron chi connectivity index (χ1n) is 12.5. The predicted octanol–water partition coefficient (Wildman–Crippen LogP) is 4.79. The summed E-state index contributed by atoms with van der Waals surface area (Å²) in [6, 6.07) is 21.1. The highest BCUT2D eigenvalue weighted by atomic mass is 32.1. The second kappa shape index (κ2) is 15.9. The molecule has 1 aliphatic heterocycles. The van der Waals surface area contributed by atoms with Crippen molar-refractivity contribution in [3.63, 3.8) is 0 Å². The molecule has 0 aliphatic carbocycles. The van der Waals surface area contributed by atoms with Crippen molar-refractivity contribution < 1.29 is 0 Å². The highest BCUT2D eigenvalue weighted by molar-refractivity contribution is 7.80. The molecule has 4 nitrogen and oxygen atoms in total. The Hall–Kier alpha value is -1.79. The summed E-state index contributed by atoms with van der Waals surface area (Å²) in [6.45, 7) is 8.41. The molecule has 2 unspecified atom stereocenters. The van der Waals surface area contributed by atoms with Crippen LogP contribution in [0.15, 0.2) is 72.4 Å². The predicted molar refractivity (Wildman–Crippen MR) is 147 cm³/mol. The number of nitrogens with zero attached hydrogens (tertiary/aromatic N) is 1. The fourth-order valence-electron chi connectivity index (χ4n) is 4.38. The number of likely N-dealkylation sites (tertiary alicyclic amines) is 1. The third-order valence-corrected chi connectivity index (χ3v) is 6.10. The maximum absolute atomic E-state index is 6.47. The Balaban J connectivity index is 0.00000122. The van der Waals surface area contributed by atoms with E-state index in [1.165, 1.54) is 29.7 Å². The van der Waals surface area contributed by atoms with Crippen molar-refractivity contribution in [2.24, 2.45) is 17.4 Å². The standard InChI is InChI=1S/C26H38N4.C2H6S/c1-2-29-26(20-24(27)19-21-9-5-3-6-10-21)23-13-16-30(17-14-23)18-15-25(28)22-11-7-4-8-12-22;1-2-3/h3-12,20,23-25,29H,2,13-19,27-28H2,1H3;3H,2H2,1H3/b26-20-;. The molecule has 2 aromatic rings. The van der Waals surface area contributed by atoms with E-state index in [1.54, 1.807) is 0 Å². The molecule has 33 heavy (non-hydrogen) atoms. The largest absolute Gasteiger partial charge is 0.389 e. The van der Waals surface area contributed by atoms with Crippen molar-refractivity contribution >= 4 is 12.6 Å². The van der Waals surface area contributed by atoms with Crippen molar-refractivity contribution in [2.75, 3.05) is 31.9 Å². The Morgan fingerprint density at radius 2 is 1.61 bits per heavy atom. The van der Waals surface area contributed by atoms with Crippen molar-refractivity contribution in [3.8, 4) is 0 Å². The van der Waals surface area contributed by atoms with Gasteiger partial charge in [0.1, 0.15) is 0 Å². The minimum atomic E-state index is 0.0448. The van der Waals surface area contributed by atoms with Gasteiger partial charge < -0.3 is 21.7 Å². The molecule has 1 fully saturated rings. The summed E-state index contributed by atoms with van der Waals surface area (Å²) in [6.07, 6.45) is 6.51. The molecular weight excluding hydrogens is 424 g/mol. The van der Waals surface area contributed by atoms with E-state index in [9.17, 15) is 0 Å². The van der Waals surface area contributed by atoms with Crippen LogP contribution in [0.5, 0.6) is 0 Å². The van der Waals surface area contributed by atoms with Gasteiger partial charge in [-0.05, 0) is 75.2 Å². The number of nitrogens with two attached hydrogens (primary N) is 2. The van der Waals surface area contributed by atoms with Gasteiger partial charge in [0.25, 0.3) is 0 Å². The van der Waals surface area contributed by atoms with Gasteiger partial charge in [-0.15, -0.1) is 0 Å². The second-order valence-electron chi connectivity index (χ2n) is 8.74. The van der Waals surface area contributed by atoms with Crippen LogP contribution in [0.2, 0.25) is 0 Å². The molecule has 0 spiro atoms. The van der Waals surface area contributed by atoms with Gasteiger partial charge in [0.2, 0.25) is 0 Å². The van der Waals surface area contributed by atoms with E-state index in [-0.39, 0.29) is 12.1 Å². The van der Waals surface area contributed by atoms with Crippen molar-refractivity contribution in [2.45, 2.75) is 51.6 Å². The number of hydrogen-bond donors (Lipinski definition) is 4. The molecule has 0 bridgehead atoms. The van der Waals surface area contributed by atoms with Crippen LogP contribution in [0, 0.1) is 5.92 Å². The summed E-state index contributed by atoms with van der Waals surface area (Å²) in [5.41, 5.74) is 16.7. The first-order valence-corrected chi connectivity index (χ1v) is 13.1. The monoisotopic (exact) mass is 468 g/mol. The van der Waals surface area contributed by atoms with E-state index in [0.29, 0.717) is 5.92 Å². The van der Waals surface area contributed by atoms with Gasteiger partial charge in [-0.25, -0.2) is 0 Å². The number of benzene rings is 2. The smallest absolute Gasteiger partial charge is 0.0307 e. The molecule has 0 amide bonds. The molecule has 0 radical (unpaired) electrons. The third-order valence-electron chi connectivity index (χ3n) is 6.10. The van der Waals surface area contributed by atoms with Gasteiger partial charge in [0, 0.05) is 30.2 Å². The van der Waals surface area contributed by atoms with E-state index in [1.807, 2.05) is 13.0 Å². The molecule has 2 aromatic carbocycles. The van der Waals surface area contributed by atoms with Crippen LogP contribution in [-0.2, 0) is 6.42 Å². The number of rotatable bonds is 10. The summed E-state index contributed by atoms with van der Waals surface area (Å²) in [4.78, 5) is 2.56. The van der Waals surface area contributed by atoms with Gasteiger partial charge in [-0.1, -0.05) is 67.6 Å². The Labute approximate surface area is 207 Å². The first kappa shape index (κ1) is 27.5. The molecule has 5 heteroatoms. The van der Waals surface area contributed by atoms with E-state index >= 15 is 0 Å². The third kappa shape index (κ3) is 10.3.